The summed E-state index contributed by atoms with van der Waals surface area (Å²) in [5.41, 5.74) is 1.94. The quantitative estimate of drug-likeness (QED) is 0.620. The van der Waals surface area contributed by atoms with Gasteiger partial charge in [-0.2, -0.15) is 4.98 Å². The first kappa shape index (κ1) is 15.2. The summed E-state index contributed by atoms with van der Waals surface area (Å²) in [5, 5.41) is 4.53. The van der Waals surface area contributed by atoms with Crippen molar-refractivity contribution in [1.82, 2.24) is 20.1 Å². The second-order valence-electron chi connectivity index (χ2n) is 5.51. The molecule has 0 saturated carbocycles. The average Bonchev–Trinajstić information content (AvgIpc) is 3.10. The highest BCUT2D eigenvalue weighted by Gasteiger charge is 2.15. The second kappa shape index (κ2) is 5.94. The van der Waals surface area contributed by atoms with Crippen LogP contribution in [0.3, 0.4) is 0 Å². The van der Waals surface area contributed by atoms with Crippen LogP contribution in [0.1, 0.15) is 12.7 Å². The van der Waals surface area contributed by atoms with Crippen LogP contribution in [0, 0.1) is 5.82 Å². The molecule has 0 aliphatic heterocycles. The smallest absolute Gasteiger partial charge is 0.263 e. The van der Waals surface area contributed by atoms with Gasteiger partial charge in [-0.05, 0) is 36.4 Å². The van der Waals surface area contributed by atoms with Crippen LogP contribution >= 0.6 is 0 Å². The number of pyridine rings is 2. The Morgan fingerprint density at radius 3 is 2.72 bits per heavy atom. The number of benzene rings is 1. The maximum absolute atomic E-state index is 13.2. The predicted octanol–water partition coefficient (Wildman–Crippen LogP) is 3.34. The molecule has 0 atom stereocenters. The molecule has 0 spiro atoms. The zero-order valence-electron chi connectivity index (χ0n) is 13.3. The van der Waals surface area contributed by atoms with Crippen molar-refractivity contribution in [2.75, 3.05) is 0 Å². The number of aromatic amines is 1. The number of nitrogens with zero attached hydrogens (tertiary/aromatic N) is 3. The number of aryl methyl sites for hydroxylation is 1. The fraction of sp³-hybridized carbons (Fsp3) is 0.111. The van der Waals surface area contributed by atoms with Crippen LogP contribution in [0.25, 0.3) is 33.6 Å². The monoisotopic (exact) mass is 336 g/mol. The van der Waals surface area contributed by atoms with Gasteiger partial charge in [0.05, 0.1) is 11.2 Å². The number of H-pyrrole nitrogens is 1. The summed E-state index contributed by atoms with van der Waals surface area (Å²) >= 11 is 0. The van der Waals surface area contributed by atoms with Crippen molar-refractivity contribution in [2.24, 2.45) is 0 Å². The highest BCUT2D eigenvalue weighted by molar-refractivity contribution is 5.94. The summed E-state index contributed by atoms with van der Waals surface area (Å²) in [6, 6.07) is 9.40. The zero-order valence-corrected chi connectivity index (χ0v) is 13.3. The third-order valence-corrected chi connectivity index (χ3v) is 3.90. The van der Waals surface area contributed by atoms with Crippen molar-refractivity contribution in [1.29, 1.82) is 0 Å². The van der Waals surface area contributed by atoms with Crippen LogP contribution in [-0.4, -0.2) is 20.1 Å². The van der Waals surface area contributed by atoms with E-state index >= 15 is 0 Å². The molecular formula is C18H13FN4O2. The van der Waals surface area contributed by atoms with Crippen LogP contribution in [0.15, 0.2) is 51.9 Å². The van der Waals surface area contributed by atoms with Gasteiger partial charge in [-0.25, -0.2) is 4.39 Å². The Morgan fingerprint density at radius 1 is 1.20 bits per heavy atom. The fourth-order valence-electron chi connectivity index (χ4n) is 2.63. The molecule has 124 valence electrons. The molecule has 3 heterocycles. The van der Waals surface area contributed by atoms with E-state index in [9.17, 15) is 9.18 Å². The molecule has 3 aromatic heterocycles. The first-order chi connectivity index (χ1) is 12.2. The minimum atomic E-state index is -0.324. The first-order valence-corrected chi connectivity index (χ1v) is 7.76. The van der Waals surface area contributed by atoms with Gasteiger partial charge in [0.15, 0.2) is 5.82 Å². The lowest BCUT2D eigenvalue weighted by molar-refractivity contribution is 0.423. The van der Waals surface area contributed by atoms with E-state index in [2.05, 4.69) is 20.1 Å². The van der Waals surface area contributed by atoms with Gasteiger partial charge in [0, 0.05) is 23.6 Å². The van der Waals surface area contributed by atoms with Gasteiger partial charge >= 0.3 is 0 Å². The van der Waals surface area contributed by atoms with Gasteiger partial charge in [-0.3, -0.25) is 9.78 Å². The van der Waals surface area contributed by atoms with E-state index in [-0.39, 0.29) is 22.8 Å². The van der Waals surface area contributed by atoms with Gasteiger partial charge in [-0.15, -0.1) is 0 Å². The zero-order chi connectivity index (χ0) is 17.4. The molecule has 4 rings (SSSR count). The Bertz CT molecular complexity index is 1120. The Balaban J connectivity index is 1.95. The maximum atomic E-state index is 13.2. The van der Waals surface area contributed by atoms with E-state index < -0.39 is 0 Å². The average molecular weight is 336 g/mol. The summed E-state index contributed by atoms with van der Waals surface area (Å²) in [6.07, 6.45) is 2.20. The Kier molecular flexibility index (Phi) is 3.61. The lowest BCUT2D eigenvalue weighted by Crippen LogP contribution is -2.09. The highest BCUT2D eigenvalue weighted by atomic mass is 19.1. The lowest BCUT2D eigenvalue weighted by atomic mass is 10.1. The molecule has 1 aromatic carbocycles. The predicted molar refractivity (Wildman–Crippen MR) is 90.4 cm³/mol. The first-order valence-electron chi connectivity index (χ1n) is 7.76. The number of aromatic nitrogens is 4. The fourth-order valence-corrected chi connectivity index (χ4v) is 2.63. The van der Waals surface area contributed by atoms with Gasteiger partial charge in [-0.1, -0.05) is 12.1 Å². The van der Waals surface area contributed by atoms with Gasteiger partial charge in [0.1, 0.15) is 11.4 Å². The van der Waals surface area contributed by atoms with Crippen molar-refractivity contribution < 1.29 is 8.91 Å². The standard InChI is InChI=1S/C18H13FN4O2/c1-2-15-22-18(25-23-15)13-9-12-14(21-17(13)24)7-8-20-16(12)10-3-5-11(19)6-4-10/h3-9H,2H2,1H3,(H,21,24). The number of hydrogen-bond donors (Lipinski definition) is 1. The molecule has 25 heavy (non-hydrogen) atoms. The van der Waals surface area contributed by atoms with Crippen molar-refractivity contribution in [3.05, 3.63) is 64.6 Å². The molecule has 0 unspecified atom stereocenters. The molecule has 0 bridgehead atoms. The SMILES string of the molecule is CCc1noc(-c2cc3c(-c4ccc(F)cc4)nccc3[nH]c2=O)n1. The normalized spacial score (nSPS) is 11.1. The molecule has 6 nitrogen and oxygen atoms in total. The van der Waals surface area contributed by atoms with E-state index in [0.29, 0.717) is 28.8 Å². The maximum Gasteiger partial charge on any atom is 0.263 e. The Hall–Kier alpha value is -3.35. The summed E-state index contributed by atoms with van der Waals surface area (Å²) in [5.74, 6) is 0.365. The van der Waals surface area contributed by atoms with E-state index in [1.807, 2.05) is 6.92 Å². The topological polar surface area (TPSA) is 84.7 Å². The second-order valence-corrected chi connectivity index (χ2v) is 5.51. The van der Waals surface area contributed by atoms with Crippen LogP contribution in [0.4, 0.5) is 4.39 Å². The third kappa shape index (κ3) is 2.69. The van der Waals surface area contributed by atoms with Crippen molar-refractivity contribution >= 4 is 10.9 Å². The number of nitrogens with one attached hydrogen (secondary N) is 1. The number of hydrogen-bond acceptors (Lipinski definition) is 5. The molecule has 0 aliphatic rings. The summed E-state index contributed by atoms with van der Waals surface area (Å²) < 4.78 is 18.4. The largest absolute Gasteiger partial charge is 0.334 e. The highest BCUT2D eigenvalue weighted by Crippen LogP contribution is 2.27. The summed E-state index contributed by atoms with van der Waals surface area (Å²) in [6.45, 7) is 1.90. The molecule has 1 N–H and O–H groups in total. The molecule has 0 fully saturated rings. The number of halogens is 1. The molecule has 0 aliphatic carbocycles. The van der Waals surface area contributed by atoms with E-state index in [1.165, 1.54) is 12.1 Å². The van der Waals surface area contributed by atoms with E-state index in [4.69, 9.17) is 4.52 Å². The van der Waals surface area contributed by atoms with E-state index in [0.717, 1.165) is 5.56 Å². The van der Waals surface area contributed by atoms with Gasteiger partial charge in [0.25, 0.3) is 11.4 Å². The van der Waals surface area contributed by atoms with Crippen molar-refractivity contribution in [3.63, 3.8) is 0 Å². The van der Waals surface area contributed by atoms with Gasteiger partial charge in [0.2, 0.25) is 0 Å². The van der Waals surface area contributed by atoms with Crippen LogP contribution in [-0.2, 0) is 6.42 Å². The molecule has 0 amide bonds. The summed E-state index contributed by atoms with van der Waals surface area (Å²) in [4.78, 5) is 23.8. The Morgan fingerprint density at radius 2 is 2.00 bits per heavy atom. The minimum absolute atomic E-state index is 0.161. The molecule has 4 aromatic rings. The minimum Gasteiger partial charge on any atom is -0.334 e. The Labute approximate surface area is 141 Å². The number of fused-ring (bicyclic) bond motifs is 1. The van der Waals surface area contributed by atoms with Gasteiger partial charge < -0.3 is 9.51 Å². The van der Waals surface area contributed by atoms with Crippen molar-refractivity contribution in [3.8, 4) is 22.7 Å². The van der Waals surface area contributed by atoms with Crippen LogP contribution in [0.2, 0.25) is 0 Å². The van der Waals surface area contributed by atoms with Crippen molar-refractivity contribution in [2.45, 2.75) is 13.3 Å². The van der Waals surface area contributed by atoms with Crippen LogP contribution in [0.5, 0.6) is 0 Å². The summed E-state index contributed by atoms with van der Waals surface area (Å²) in [7, 11) is 0. The lowest BCUT2D eigenvalue weighted by Gasteiger charge is -2.06. The third-order valence-electron chi connectivity index (χ3n) is 3.90. The van der Waals surface area contributed by atoms with E-state index in [1.54, 1.807) is 30.5 Å². The molecule has 0 saturated heterocycles. The van der Waals surface area contributed by atoms with Crippen LogP contribution < -0.4 is 5.56 Å². The molecule has 7 heteroatoms. The molecule has 0 radical (unpaired) electrons. The number of rotatable bonds is 3. The molecular weight excluding hydrogens is 323 g/mol.